The highest BCUT2D eigenvalue weighted by atomic mass is 35.5. The maximum atomic E-state index is 6.34. The lowest BCUT2D eigenvalue weighted by molar-refractivity contribution is 0.298. The lowest BCUT2D eigenvalue weighted by atomic mass is 10.1. The monoisotopic (exact) mass is 277 g/mol. The van der Waals surface area contributed by atoms with Crippen molar-refractivity contribution in [3.05, 3.63) is 41.7 Å². The molecule has 0 saturated carbocycles. The minimum absolute atomic E-state index is 0.175. The van der Waals surface area contributed by atoms with E-state index in [0.29, 0.717) is 10.9 Å². The second kappa shape index (κ2) is 5.63. The van der Waals surface area contributed by atoms with Crippen molar-refractivity contribution < 1.29 is 4.74 Å². The molecule has 0 spiro atoms. The molecule has 3 rings (SSSR count). The first kappa shape index (κ1) is 12.5. The van der Waals surface area contributed by atoms with Gasteiger partial charge in [-0.05, 0) is 37.9 Å². The molecule has 1 aromatic carbocycles. The molecule has 19 heavy (non-hydrogen) atoms. The third-order valence-corrected chi connectivity index (χ3v) is 3.61. The summed E-state index contributed by atoms with van der Waals surface area (Å²) in [6.07, 6.45) is 5.30. The second-order valence-electron chi connectivity index (χ2n) is 4.63. The van der Waals surface area contributed by atoms with Crippen LogP contribution in [-0.2, 0) is 0 Å². The van der Waals surface area contributed by atoms with Gasteiger partial charge >= 0.3 is 0 Å². The van der Waals surface area contributed by atoms with Gasteiger partial charge in [-0.3, -0.25) is 5.32 Å². The fourth-order valence-corrected chi connectivity index (χ4v) is 2.52. The van der Waals surface area contributed by atoms with Crippen molar-refractivity contribution in [2.45, 2.75) is 25.4 Å². The van der Waals surface area contributed by atoms with Crippen LogP contribution in [0.5, 0.6) is 11.5 Å². The molecule has 2 aromatic rings. The summed E-state index contributed by atoms with van der Waals surface area (Å²) in [7, 11) is 0. The van der Waals surface area contributed by atoms with Crippen LogP contribution < -0.4 is 10.1 Å². The minimum Gasteiger partial charge on any atom is -0.452 e. The molecule has 1 aromatic heterocycles. The van der Waals surface area contributed by atoms with E-state index in [4.69, 9.17) is 16.3 Å². The first-order valence-electron chi connectivity index (χ1n) is 6.54. The number of hydrogen-bond donors (Lipinski definition) is 1. The zero-order valence-corrected chi connectivity index (χ0v) is 11.3. The third-order valence-electron chi connectivity index (χ3n) is 3.25. The van der Waals surface area contributed by atoms with E-state index < -0.39 is 0 Å². The molecule has 2 heterocycles. The number of nitrogens with zero attached hydrogens (tertiary/aromatic N) is 2. The van der Waals surface area contributed by atoms with Crippen LogP contribution >= 0.6 is 11.6 Å². The van der Waals surface area contributed by atoms with Crippen molar-refractivity contribution in [1.29, 1.82) is 0 Å². The molecule has 0 bridgehead atoms. The average molecular weight is 278 g/mol. The molecule has 1 unspecified atom stereocenters. The Morgan fingerprint density at radius 3 is 2.84 bits per heavy atom. The molecular weight excluding hydrogens is 262 g/mol. The molecule has 5 heteroatoms. The van der Waals surface area contributed by atoms with E-state index in [9.17, 15) is 0 Å². The van der Waals surface area contributed by atoms with E-state index in [2.05, 4.69) is 10.4 Å². The van der Waals surface area contributed by atoms with Crippen LogP contribution in [0.3, 0.4) is 0 Å². The van der Waals surface area contributed by atoms with Crippen LogP contribution in [0.15, 0.2) is 36.5 Å². The number of benzene rings is 1. The number of aromatic nitrogens is 2. The Morgan fingerprint density at radius 1 is 1.26 bits per heavy atom. The molecular formula is C14H16ClN3O. The molecule has 1 N–H and O–H groups in total. The third kappa shape index (κ3) is 2.74. The van der Waals surface area contributed by atoms with Crippen LogP contribution in [0.25, 0.3) is 0 Å². The van der Waals surface area contributed by atoms with Gasteiger partial charge in [-0.15, -0.1) is 0 Å². The Balaban J connectivity index is 1.78. The highest BCUT2D eigenvalue weighted by Crippen LogP contribution is 2.31. The molecule has 1 aliphatic rings. The van der Waals surface area contributed by atoms with Gasteiger partial charge in [-0.1, -0.05) is 29.8 Å². The van der Waals surface area contributed by atoms with Gasteiger partial charge in [0.15, 0.2) is 10.9 Å². The van der Waals surface area contributed by atoms with Gasteiger partial charge in [0.25, 0.3) is 0 Å². The first-order valence-corrected chi connectivity index (χ1v) is 6.92. The number of hydrogen-bond acceptors (Lipinski definition) is 3. The summed E-state index contributed by atoms with van der Waals surface area (Å²) in [6.45, 7) is 1.01. The van der Waals surface area contributed by atoms with E-state index in [1.807, 2.05) is 30.3 Å². The van der Waals surface area contributed by atoms with Crippen molar-refractivity contribution >= 4 is 11.6 Å². The number of ether oxygens (including phenoxy) is 1. The summed E-state index contributed by atoms with van der Waals surface area (Å²) in [6, 6.07) is 9.59. The maximum absolute atomic E-state index is 6.34. The predicted molar refractivity (Wildman–Crippen MR) is 74.6 cm³/mol. The van der Waals surface area contributed by atoms with Gasteiger partial charge in [-0.2, -0.15) is 5.10 Å². The van der Waals surface area contributed by atoms with Crippen molar-refractivity contribution in [1.82, 2.24) is 15.1 Å². The Kier molecular flexibility index (Phi) is 3.71. The quantitative estimate of drug-likeness (QED) is 0.932. The highest BCUT2D eigenvalue weighted by Gasteiger charge is 2.20. The van der Waals surface area contributed by atoms with Gasteiger partial charge < -0.3 is 4.74 Å². The van der Waals surface area contributed by atoms with E-state index in [1.54, 1.807) is 10.9 Å². The summed E-state index contributed by atoms with van der Waals surface area (Å²) in [5.41, 5.74) is 0. The molecule has 1 saturated heterocycles. The largest absolute Gasteiger partial charge is 0.452 e. The zero-order chi connectivity index (χ0) is 13.1. The van der Waals surface area contributed by atoms with Gasteiger partial charge in [-0.25, -0.2) is 4.68 Å². The molecule has 0 amide bonds. The Morgan fingerprint density at radius 2 is 2.11 bits per heavy atom. The SMILES string of the molecule is Clc1c(Oc2ccccc2)cnn1C1CCCCN1. The van der Waals surface area contributed by atoms with Crippen molar-refractivity contribution in [2.24, 2.45) is 0 Å². The van der Waals surface area contributed by atoms with Gasteiger partial charge in [0.1, 0.15) is 11.9 Å². The van der Waals surface area contributed by atoms with Gasteiger partial charge in [0.05, 0.1) is 6.20 Å². The summed E-state index contributed by atoms with van der Waals surface area (Å²) in [5.74, 6) is 1.36. The Bertz CT molecular complexity index is 535. The lowest BCUT2D eigenvalue weighted by Gasteiger charge is -2.24. The summed E-state index contributed by atoms with van der Waals surface area (Å²) < 4.78 is 7.54. The first-order chi connectivity index (χ1) is 9.34. The normalized spacial score (nSPS) is 19.3. The summed E-state index contributed by atoms with van der Waals surface area (Å²) >= 11 is 6.34. The minimum atomic E-state index is 0.175. The van der Waals surface area contributed by atoms with Gasteiger partial charge in [0, 0.05) is 0 Å². The van der Waals surface area contributed by atoms with Crippen LogP contribution in [0.2, 0.25) is 5.15 Å². The fourth-order valence-electron chi connectivity index (χ4n) is 2.27. The van der Waals surface area contributed by atoms with Crippen LogP contribution in [0.4, 0.5) is 0 Å². The summed E-state index contributed by atoms with van der Waals surface area (Å²) in [4.78, 5) is 0. The van der Waals surface area contributed by atoms with Gasteiger partial charge in [0.2, 0.25) is 0 Å². The van der Waals surface area contributed by atoms with E-state index in [-0.39, 0.29) is 6.17 Å². The van der Waals surface area contributed by atoms with E-state index >= 15 is 0 Å². The summed E-state index contributed by atoms with van der Waals surface area (Å²) in [5, 5.41) is 8.29. The Labute approximate surface area is 117 Å². The van der Waals surface area contributed by atoms with Crippen molar-refractivity contribution in [2.75, 3.05) is 6.54 Å². The average Bonchev–Trinajstić information content (AvgIpc) is 2.82. The number of halogens is 1. The number of piperidine rings is 1. The van der Waals surface area contributed by atoms with E-state index in [1.165, 1.54) is 12.8 Å². The van der Waals surface area contributed by atoms with Crippen LogP contribution in [0.1, 0.15) is 25.4 Å². The topological polar surface area (TPSA) is 39.1 Å². The smallest absolute Gasteiger partial charge is 0.184 e. The molecule has 1 fully saturated rings. The van der Waals surface area contributed by atoms with Crippen molar-refractivity contribution in [3.63, 3.8) is 0 Å². The molecule has 0 aliphatic carbocycles. The number of nitrogens with one attached hydrogen (secondary N) is 1. The van der Waals surface area contributed by atoms with Crippen molar-refractivity contribution in [3.8, 4) is 11.5 Å². The number of rotatable bonds is 3. The predicted octanol–water partition coefficient (Wildman–Crippen LogP) is 3.60. The Hall–Kier alpha value is -1.52. The molecule has 100 valence electrons. The standard InChI is InChI=1S/C14H16ClN3O/c15-14-12(19-11-6-2-1-3-7-11)10-17-18(14)13-8-4-5-9-16-13/h1-3,6-7,10,13,16H,4-5,8-9H2. The van der Waals surface area contributed by atoms with E-state index in [0.717, 1.165) is 18.7 Å². The maximum Gasteiger partial charge on any atom is 0.184 e. The lowest BCUT2D eigenvalue weighted by Crippen LogP contribution is -2.32. The molecule has 4 nitrogen and oxygen atoms in total. The second-order valence-corrected chi connectivity index (χ2v) is 4.98. The molecule has 0 radical (unpaired) electrons. The van der Waals surface area contributed by atoms with Crippen LogP contribution in [-0.4, -0.2) is 16.3 Å². The molecule has 1 atom stereocenters. The molecule has 1 aliphatic heterocycles. The van der Waals surface area contributed by atoms with Crippen LogP contribution in [0, 0.1) is 0 Å². The fraction of sp³-hybridized carbons (Fsp3) is 0.357. The zero-order valence-electron chi connectivity index (χ0n) is 10.6. The highest BCUT2D eigenvalue weighted by molar-refractivity contribution is 6.31. The number of para-hydroxylation sites is 1.